The molecule has 2 heterocycles. The molecule has 1 aromatic rings. The molecule has 3 nitrogen and oxygen atoms in total. The van der Waals surface area contributed by atoms with E-state index < -0.39 is 0 Å². The normalized spacial score (nSPS) is 28.5. The van der Waals surface area contributed by atoms with Gasteiger partial charge < -0.3 is 5.32 Å². The van der Waals surface area contributed by atoms with Gasteiger partial charge in [0.2, 0.25) is 0 Å². The van der Waals surface area contributed by atoms with Gasteiger partial charge in [0.1, 0.15) is 0 Å². The van der Waals surface area contributed by atoms with E-state index >= 15 is 0 Å². The minimum Gasteiger partial charge on any atom is -0.309 e. The highest BCUT2D eigenvalue weighted by Gasteiger charge is 2.33. The van der Waals surface area contributed by atoms with Crippen molar-refractivity contribution in [2.45, 2.75) is 58.7 Å². The van der Waals surface area contributed by atoms with E-state index in [1.165, 1.54) is 24.0 Å². The second-order valence-corrected chi connectivity index (χ2v) is 6.13. The molecule has 1 aliphatic heterocycles. The quantitative estimate of drug-likeness (QED) is 0.903. The van der Waals surface area contributed by atoms with E-state index in [-0.39, 0.29) is 5.54 Å². The minimum absolute atomic E-state index is 0.253. The molecule has 1 N–H and O–H groups in total. The van der Waals surface area contributed by atoms with Crippen LogP contribution < -0.4 is 5.32 Å². The van der Waals surface area contributed by atoms with Crippen molar-refractivity contribution in [2.24, 2.45) is 0 Å². The van der Waals surface area contributed by atoms with Crippen LogP contribution in [0, 0.1) is 6.92 Å². The molecule has 1 fully saturated rings. The van der Waals surface area contributed by atoms with E-state index in [2.05, 4.69) is 49.0 Å². The molecule has 0 spiro atoms. The summed E-state index contributed by atoms with van der Waals surface area (Å²) in [6.07, 6.45) is 6.30. The first-order valence-corrected chi connectivity index (χ1v) is 7.46. The summed E-state index contributed by atoms with van der Waals surface area (Å²) >= 11 is 0. The third kappa shape index (κ3) is 3.54. The number of pyridine rings is 1. The van der Waals surface area contributed by atoms with Crippen LogP contribution in [0.25, 0.3) is 0 Å². The minimum atomic E-state index is 0.253. The summed E-state index contributed by atoms with van der Waals surface area (Å²) < 4.78 is 0. The largest absolute Gasteiger partial charge is 0.309 e. The van der Waals surface area contributed by atoms with Crippen LogP contribution in [0.5, 0.6) is 0 Å². The number of aromatic nitrogens is 1. The molecule has 0 bridgehead atoms. The van der Waals surface area contributed by atoms with Gasteiger partial charge in [-0.15, -0.1) is 0 Å². The Morgan fingerprint density at radius 3 is 2.84 bits per heavy atom. The summed E-state index contributed by atoms with van der Waals surface area (Å²) in [5.41, 5.74) is 2.83. The number of nitrogens with one attached hydrogen (secondary N) is 1. The first kappa shape index (κ1) is 14.5. The summed E-state index contributed by atoms with van der Waals surface area (Å²) in [7, 11) is 0. The van der Waals surface area contributed by atoms with Crippen molar-refractivity contribution in [3.8, 4) is 0 Å². The zero-order chi connectivity index (χ0) is 13.9. The standard InChI is InChI=1S/C16H27N3/c1-5-15-10-18-16(4,6-2)12-19(15)11-14-7-13(3)8-17-9-14/h7-9,15,18H,5-6,10-12H2,1-4H3. The highest BCUT2D eigenvalue weighted by molar-refractivity contribution is 5.17. The van der Waals surface area contributed by atoms with Crippen molar-refractivity contribution >= 4 is 0 Å². The van der Waals surface area contributed by atoms with Crippen LogP contribution in [-0.2, 0) is 6.54 Å². The van der Waals surface area contributed by atoms with Gasteiger partial charge in [-0.25, -0.2) is 0 Å². The number of aryl methyl sites for hydroxylation is 1. The molecule has 2 unspecified atom stereocenters. The molecular weight excluding hydrogens is 234 g/mol. The molecular formula is C16H27N3. The van der Waals surface area contributed by atoms with Gasteiger partial charge in [-0.05, 0) is 37.8 Å². The molecule has 2 atom stereocenters. The van der Waals surface area contributed by atoms with Gasteiger partial charge in [0, 0.05) is 43.6 Å². The van der Waals surface area contributed by atoms with E-state index in [0.29, 0.717) is 6.04 Å². The maximum Gasteiger partial charge on any atom is 0.0313 e. The second-order valence-electron chi connectivity index (χ2n) is 6.13. The molecule has 19 heavy (non-hydrogen) atoms. The van der Waals surface area contributed by atoms with Gasteiger partial charge in [0.25, 0.3) is 0 Å². The maximum atomic E-state index is 4.31. The maximum absolute atomic E-state index is 4.31. The monoisotopic (exact) mass is 261 g/mol. The molecule has 0 radical (unpaired) electrons. The van der Waals surface area contributed by atoms with E-state index in [4.69, 9.17) is 0 Å². The number of nitrogens with zero attached hydrogens (tertiary/aromatic N) is 2. The van der Waals surface area contributed by atoms with Gasteiger partial charge in [0.05, 0.1) is 0 Å². The van der Waals surface area contributed by atoms with E-state index in [1.807, 2.05) is 12.4 Å². The fourth-order valence-electron chi connectivity index (χ4n) is 2.89. The summed E-state index contributed by atoms with van der Waals surface area (Å²) in [5, 5.41) is 3.72. The average Bonchev–Trinajstić information content (AvgIpc) is 2.39. The van der Waals surface area contributed by atoms with Crippen molar-refractivity contribution in [1.82, 2.24) is 15.2 Å². The van der Waals surface area contributed by atoms with Gasteiger partial charge in [-0.3, -0.25) is 9.88 Å². The smallest absolute Gasteiger partial charge is 0.0313 e. The third-order valence-corrected chi connectivity index (χ3v) is 4.40. The first-order chi connectivity index (χ1) is 9.06. The van der Waals surface area contributed by atoms with Gasteiger partial charge in [-0.1, -0.05) is 19.9 Å². The Labute approximate surface area is 117 Å². The van der Waals surface area contributed by atoms with Gasteiger partial charge in [-0.2, -0.15) is 0 Å². The molecule has 1 aromatic heterocycles. The van der Waals surface area contributed by atoms with E-state index in [0.717, 1.165) is 19.6 Å². The molecule has 2 rings (SSSR count). The lowest BCUT2D eigenvalue weighted by Gasteiger charge is -2.46. The highest BCUT2D eigenvalue weighted by Crippen LogP contribution is 2.22. The Bertz CT molecular complexity index is 418. The van der Waals surface area contributed by atoms with Crippen LogP contribution in [0.1, 0.15) is 44.7 Å². The van der Waals surface area contributed by atoms with Crippen LogP contribution in [0.4, 0.5) is 0 Å². The predicted octanol–water partition coefficient (Wildman–Crippen LogP) is 2.74. The lowest BCUT2D eigenvalue weighted by Crippen LogP contribution is -2.62. The van der Waals surface area contributed by atoms with Crippen LogP contribution in [0.15, 0.2) is 18.5 Å². The van der Waals surface area contributed by atoms with Crippen LogP contribution >= 0.6 is 0 Å². The Hall–Kier alpha value is -0.930. The molecule has 1 aliphatic rings. The number of hydrogen-bond acceptors (Lipinski definition) is 3. The molecule has 3 heteroatoms. The van der Waals surface area contributed by atoms with Crippen molar-refractivity contribution in [3.05, 3.63) is 29.6 Å². The van der Waals surface area contributed by atoms with Gasteiger partial charge >= 0.3 is 0 Å². The molecule has 0 aromatic carbocycles. The summed E-state index contributed by atoms with van der Waals surface area (Å²) in [5.74, 6) is 0. The summed E-state index contributed by atoms with van der Waals surface area (Å²) in [6, 6.07) is 2.89. The molecule has 0 amide bonds. The second kappa shape index (κ2) is 6.02. The number of rotatable bonds is 4. The average molecular weight is 261 g/mol. The van der Waals surface area contributed by atoms with Crippen molar-refractivity contribution in [1.29, 1.82) is 0 Å². The van der Waals surface area contributed by atoms with E-state index in [9.17, 15) is 0 Å². The van der Waals surface area contributed by atoms with Crippen LogP contribution in [0.3, 0.4) is 0 Å². The lowest BCUT2D eigenvalue weighted by molar-refractivity contribution is 0.0754. The Kier molecular flexibility index (Phi) is 4.58. The molecule has 1 saturated heterocycles. The summed E-state index contributed by atoms with van der Waals surface area (Å²) in [4.78, 5) is 6.94. The van der Waals surface area contributed by atoms with Crippen LogP contribution in [0.2, 0.25) is 0 Å². The zero-order valence-electron chi connectivity index (χ0n) is 12.7. The summed E-state index contributed by atoms with van der Waals surface area (Å²) in [6.45, 7) is 12.2. The van der Waals surface area contributed by atoms with Crippen molar-refractivity contribution in [3.63, 3.8) is 0 Å². The Balaban J connectivity index is 2.10. The zero-order valence-corrected chi connectivity index (χ0v) is 12.7. The highest BCUT2D eigenvalue weighted by atomic mass is 15.2. The molecule has 0 aliphatic carbocycles. The van der Waals surface area contributed by atoms with Crippen molar-refractivity contribution in [2.75, 3.05) is 13.1 Å². The SMILES string of the molecule is CCC1CNC(C)(CC)CN1Cc1cncc(C)c1. The first-order valence-electron chi connectivity index (χ1n) is 7.46. The fourth-order valence-corrected chi connectivity index (χ4v) is 2.89. The predicted molar refractivity (Wildman–Crippen MR) is 80.2 cm³/mol. The molecule has 0 saturated carbocycles. The molecule has 106 valence electrons. The Morgan fingerprint density at radius 2 is 2.21 bits per heavy atom. The topological polar surface area (TPSA) is 28.2 Å². The van der Waals surface area contributed by atoms with Gasteiger partial charge in [0.15, 0.2) is 0 Å². The number of hydrogen-bond donors (Lipinski definition) is 1. The van der Waals surface area contributed by atoms with Crippen LogP contribution in [-0.4, -0.2) is 34.6 Å². The van der Waals surface area contributed by atoms with E-state index in [1.54, 1.807) is 0 Å². The van der Waals surface area contributed by atoms with Crippen molar-refractivity contribution < 1.29 is 0 Å². The fraction of sp³-hybridized carbons (Fsp3) is 0.688. The third-order valence-electron chi connectivity index (χ3n) is 4.40. The Morgan fingerprint density at radius 1 is 1.42 bits per heavy atom. The lowest BCUT2D eigenvalue weighted by atomic mass is 9.92. The number of piperazine rings is 1.